The summed E-state index contributed by atoms with van der Waals surface area (Å²) >= 11 is 5.19. The molecule has 0 saturated heterocycles. The van der Waals surface area contributed by atoms with Crippen molar-refractivity contribution in [2.75, 3.05) is 17.3 Å². The number of carboxylic acids is 1. The van der Waals surface area contributed by atoms with E-state index in [1.807, 2.05) is 0 Å². The van der Waals surface area contributed by atoms with Crippen LogP contribution in [0.5, 0.6) is 0 Å². The molecule has 0 amide bonds. The Morgan fingerprint density at radius 2 is 2.08 bits per heavy atom. The largest absolute Gasteiger partial charge is 0.509 e. The minimum atomic E-state index is -1.51. The fourth-order valence-electron chi connectivity index (χ4n) is 0.517. The molecule has 0 rings (SSSR count). The molecule has 5 nitrogen and oxygen atoms in total. The second-order valence-electron chi connectivity index (χ2n) is 1.97. The highest BCUT2D eigenvalue weighted by Crippen LogP contribution is 2.11. The van der Waals surface area contributed by atoms with Crippen LogP contribution in [0.1, 0.15) is 0 Å². The first-order valence-electron chi connectivity index (χ1n) is 3.30. The Morgan fingerprint density at radius 1 is 1.46 bits per heavy atom. The molecule has 0 aromatic heterocycles. The van der Waals surface area contributed by atoms with Gasteiger partial charge in [-0.3, -0.25) is 0 Å². The Bertz CT molecular complexity index is 229. The smallest absolute Gasteiger partial charge is 0.361 e. The summed E-state index contributed by atoms with van der Waals surface area (Å²) in [7, 11) is 0. The molecule has 0 radical (unpaired) electrons. The van der Waals surface area contributed by atoms with E-state index in [0.29, 0.717) is 11.5 Å². The third-order valence-corrected chi connectivity index (χ3v) is 2.54. The second kappa shape index (κ2) is 6.79. The van der Waals surface area contributed by atoms with Gasteiger partial charge < -0.3 is 10.2 Å². The molecule has 13 heavy (non-hydrogen) atoms. The van der Waals surface area contributed by atoms with Crippen LogP contribution in [0, 0.1) is 4.91 Å². The van der Waals surface area contributed by atoms with Crippen LogP contribution in [0.15, 0.2) is 16.6 Å². The molecule has 0 aromatic carbocycles. The number of aliphatic hydroxyl groups is 1. The maximum absolute atomic E-state index is 10.3. The monoisotopic (exact) mass is 223 g/mol. The van der Waals surface area contributed by atoms with Crippen molar-refractivity contribution in [3.63, 3.8) is 0 Å². The van der Waals surface area contributed by atoms with Crippen LogP contribution in [0.2, 0.25) is 0 Å². The maximum atomic E-state index is 10.3. The van der Waals surface area contributed by atoms with Gasteiger partial charge in [0.2, 0.25) is 5.70 Å². The van der Waals surface area contributed by atoms with E-state index in [9.17, 15) is 9.70 Å². The zero-order valence-corrected chi connectivity index (χ0v) is 8.35. The lowest BCUT2D eigenvalue weighted by atomic mass is 10.4. The van der Waals surface area contributed by atoms with Gasteiger partial charge in [0.1, 0.15) is 5.76 Å². The van der Waals surface area contributed by atoms with Crippen molar-refractivity contribution in [2.45, 2.75) is 0 Å². The number of nitroso groups, excluding NO2 is 1. The molecule has 0 heterocycles. The average Bonchev–Trinajstić information content (AvgIpc) is 2.05. The highest BCUT2D eigenvalue weighted by Gasteiger charge is 2.14. The Morgan fingerprint density at radius 3 is 2.46 bits per heavy atom. The molecule has 0 spiro atoms. The van der Waals surface area contributed by atoms with Gasteiger partial charge in [-0.1, -0.05) is 0 Å². The predicted molar refractivity (Wildman–Crippen MR) is 54.3 cm³/mol. The lowest BCUT2D eigenvalue weighted by Gasteiger charge is -1.99. The van der Waals surface area contributed by atoms with Gasteiger partial charge in [-0.2, -0.15) is 24.4 Å². The second-order valence-corrected chi connectivity index (χ2v) is 3.52. The van der Waals surface area contributed by atoms with E-state index in [1.54, 1.807) is 0 Å². The molecular weight excluding hydrogens is 214 g/mol. The molecule has 2 N–H and O–H groups in total. The summed E-state index contributed by atoms with van der Waals surface area (Å²) in [6.07, 6.45) is 0. The van der Waals surface area contributed by atoms with Gasteiger partial charge in [-0.25, -0.2) is 4.79 Å². The van der Waals surface area contributed by atoms with Crippen molar-refractivity contribution in [1.29, 1.82) is 0 Å². The molecule has 0 unspecified atom stereocenters. The normalized spacial score (nSPS) is 12.1. The van der Waals surface area contributed by atoms with E-state index in [2.05, 4.69) is 17.8 Å². The van der Waals surface area contributed by atoms with Crippen LogP contribution in [0.3, 0.4) is 0 Å². The van der Waals surface area contributed by atoms with Gasteiger partial charge in [0.05, 0.1) is 5.75 Å². The summed E-state index contributed by atoms with van der Waals surface area (Å²) in [6.45, 7) is 0. The fraction of sp³-hybridized carbons (Fsp3) is 0.500. The van der Waals surface area contributed by atoms with Crippen LogP contribution in [-0.4, -0.2) is 33.4 Å². The predicted octanol–water partition coefficient (Wildman–Crippen LogP) is 1.27. The van der Waals surface area contributed by atoms with E-state index in [0.717, 1.165) is 0 Å². The van der Waals surface area contributed by atoms with E-state index in [-0.39, 0.29) is 5.75 Å². The van der Waals surface area contributed by atoms with E-state index in [1.165, 1.54) is 11.8 Å². The number of thiol groups is 1. The van der Waals surface area contributed by atoms with Crippen molar-refractivity contribution in [1.82, 2.24) is 0 Å². The van der Waals surface area contributed by atoms with Crippen molar-refractivity contribution in [2.24, 2.45) is 5.18 Å². The van der Waals surface area contributed by atoms with Gasteiger partial charge >= 0.3 is 5.97 Å². The zero-order valence-electron chi connectivity index (χ0n) is 6.63. The average molecular weight is 223 g/mol. The van der Waals surface area contributed by atoms with E-state index in [4.69, 9.17) is 10.2 Å². The van der Waals surface area contributed by atoms with Crippen molar-refractivity contribution < 1.29 is 15.0 Å². The first kappa shape index (κ1) is 12.3. The number of hydrogen-bond donors (Lipinski definition) is 3. The molecule has 0 fully saturated rings. The maximum Gasteiger partial charge on any atom is 0.361 e. The molecule has 7 heteroatoms. The quantitative estimate of drug-likeness (QED) is 0.207. The van der Waals surface area contributed by atoms with Gasteiger partial charge in [0, 0.05) is 5.75 Å². The third-order valence-electron chi connectivity index (χ3n) is 1.04. The molecular formula is C6H9NO4S2. The summed E-state index contributed by atoms with van der Waals surface area (Å²) in [5.74, 6) is -0.671. The lowest BCUT2D eigenvalue weighted by molar-refractivity contribution is -0.132. The minimum absolute atomic E-state index is 0.0634. The summed E-state index contributed by atoms with van der Waals surface area (Å²) < 4.78 is 0. The number of carboxylic acid groups (broad SMARTS) is 1. The standard InChI is InChI=1S/C6H9NO4S2/c8-4(3-13-2-1-12)5(7-11)6(9)10/h8,12H,1-3H2,(H,9,10). The van der Waals surface area contributed by atoms with E-state index >= 15 is 0 Å². The zero-order chi connectivity index (χ0) is 10.3. The van der Waals surface area contributed by atoms with Gasteiger partial charge in [-0.05, 0) is 10.9 Å². The molecule has 0 atom stereocenters. The van der Waals surface area contributed by atoms with Gasteiger partial charge in [0.15, 0.2) is 0 Å². The van der Waals surface area contributed by atoms with Gasteiger partial charge in [-0.15, -0.1) is 4.91 Å². The van der Waals surface area contributed by atoms with E-state index < -0.39 is 17.4 Å². The molecule has 0 saturated carbocycles. The molecule has 74 valence electrons. The summed E-state index contributed by atoms with van der Waals surface area (Å²) in [4.78, 5) is 20.2. The number of hydrogen-bond acceptors (Lipinski definition) is 6. The molecule has 0 aliphatic heterocycles. The Balaban J connectivity index is 4.22. The van der Waals surface area contributed by atoms with Crippen LogP contribution in [0.25, 0.3) is 0 Å². The Kier molecular flexibility index (Phi) is 6.43. The SMILES string of the molecule is O=NC(C(=O)O)=C(O)CSCCS. The minimum Gasteiger partial charge on any atom is -0.509 e. The van der Waals surface area contributed by atoms with Gasteiger partial charge in [0.25, 0.3) is 0 Å². The third kappa shape index (κ3) is 4.79. The van der Waals surface area contributed by atoms with Crippen LogP contribution < -0.4 is 0 Å². The van der Waals surface area contributed by atoms with Crippen LogP contribution in [0.4, 0.5) is 0 Å². The topological polar surface area (TPSA) is 87.0 Å². The first-order chi connectivity index (χ1) is 6.13. The summed E-state index contributed by atoms with van der Waals surface area (Å²) in [5, 5.41) is 19.6. The highest BCUT2D eigenvalue weighted by atomic mass is 32.2. The number of aliphatic carboxylic acids is 1. The van der Waals surface area contributed by atoms with Crippen LogP contribution in [-0.2, 0) is 4.79 Å². The highest BCUT2D eigenvalue weighted by molar-refractivity contribution is 8.00. The summed E-state index contributed by atoms with van der Waals surface area (Å²) in [5.41, 5.74) is -0.827. The molecule has 0 bridgehead atoms. The van der Waals surface area contributed by atoms with Crippen LogP contribution >= 0.6 is 24.4 Å². The molecule has 0 aromatic rings. The Hall–Kier alpha value is -0.690. The van der Waals surface area contributed by atoms with Crippen molar-refractivity contribution in [3.05, 3.63) is 16.4 Å². The number of nitrogens with zero attached hydrogens (tertiary/aromatic N) is 1. The number of rotatable bonds is 6. The van der Waals surface area contributed by atoms with Crippen molar-refractivity contribution in [3.8, 4) is 0 Å². The molecule has 0 aliphatic rings. The summed E-state index contributed by atoms with van der Waals surface area (Å²) in [6, 6.07) is 0. The number of aliphatic hydroxyl groups excluding tert-OH is 1. The number of thioether (sulfide) groups is 1. The Labute approximate surface area is 84.6 Å². The number of carbonyl (C=O) groups is 1. The van der Waals surface area contributed by atoms with Crippen molar-refractivity contribution >= 4 is 30.4 Å². The first-order valence-corrected chi connectivity index (χ1v) is 5.09. The molecule has 0 aliphatic carbocycles. The lowest BCUT2D eigenvalue weighted by Crippen LogP contribution is -2.03. The fourth-order valence-corrected chi connectivity index (χ4v) is 1.51.